The van der Waals surface area contributed by atoms with Crippen molar-refractivity contribution in [3.63, 3.8) is 0 Å². The van der Waals surface area contributed by atoms with Crippen molar-refractivity contribution in [2.45, 2.75) is 12.8 Å². The highest BCUT2D eigenvalue weighted by molar-refractivity contribution is 5.87. The van der Waals surface area contributed by atoms with E-state index < -0.39 is 23.9 Å². The van der Waals surface area contributed by atoms with Crippen LogP contribution in [0.25, 0.3) is 0 Å². The fourth-order valence-corrected chi connectivity index (χ4v) is 4.19. The Hall–Kier alpha value is -3.78. The van der Waals surface area contributed by atoms with Crippen LogP contribution in [0, 0.1) is 0 Å². The highest BCUT2D eigenvalue weighted by atomic mass is 16.4. The molecule has 36 heavy (non-hydrogen) atoms. The molecule has 0 amide bonds. The number of anilines is 4. The molecule has 200 valence electrons. The molecule has 0 fully saturated rings. The molecule has 1 aliphatic heterocycles. The Morgan fingerprint density at radius 2 is 0.917 bits per heavy atom. The first-order chi connectivity index (χ1) is 17.0. The summed E-state index contributed by atoms with van der Waals surface area (Å²) in [7, 11) is 0. The summed E-state index contributed by atoms with van der Waals surface area (Å²) in [6.07, 6.45) is 0.782. The van der Waals surface area contributed by atoms with Crippen LogP contribution in [0.5, 0.6) is 0 Å². The first-order valence-electron chi connectivity index (χ1n) is 11.5. The number of benzene rings is 1. The third kappa shape index (κ3) is 9.11. The topological polar surface area (TPSA) is 214 Å². The smallest absolute Gasteiger partial charge is 0.323 e. The van der Waals surface area contributed by atoms with Crippen molar-refractivity contribution >= 4 is 46.6 Å². The van der Waals surface area contributed by atoms with Crippen molar-refractivity contribution < 1.29 is 39.6 Å². The number of nitrogen functional groups attached to an aromatic ring is 2. The van der Waals surface area contributed by atoms with Gasteiger partial charge in [0.1, 0.15) is 13.1 Å². The summed E-state index contributed by atoms with van der Waals surface area (Å²) in [5.74, 6) is -4.26. The second kappa shape index (κ2) is 13.3. The zero-order valence-electron chi connectivity index (χ0n) is 20.0. The van der Waals surface area contributed by atoms with Gasteiger partial charge in [-0.15, -0.1) is 0 Å². The van der Waals surface area contributed by atoms with Crippen LogP contribution in [-0.2, 0) is 19.2 Å². The summed E-state index contributed by atoms with van der Waals surface area (Å²) in [4.78, 5) is 52.5. The zero-order chi connectivity index (χ0) is 26.8. The molecular formula is C22H34N6O8. The van der Waals surface area contributed by atoms with E-state index in [2.05, 4.69) is 0 Å². The number of carboxylic acid groups (broad SMARTS) is 4. The van der Waals surface area contributed by atoms with Gasteiger partial charge in [0.15, 0.2) is 0 Å². The van der Waals surface area contributed by atoms with Crippen LogP contribution in [0.2, 0.25) is 0 Å². The minimum atomic E-state index is -1.10. The summed E-state index contributed by atoms with van der Waals surface area (Å²) in [5, 5.41) is 37.6. The number of carbonyl (C=O) groups is 4. The van der Waals surface area contributed by atoms with E-state index in [0.29, 0.717) is 50.4 Å². The van der Waals surface area contributed by atoms with E-state index in [4.69, 9.17) is 11.5 Å². The average Bonchev–Trinajstić information content (AvgIpc) is 2.75. The summed E-state index contributed by atoms with van der Waals surface area (Å²) in [6.45, 7) is 0.430. The molecule has 0 unspecified atom stereocenters. The van der Waals surface area contributed by atoms with Gasteiger partial charge in [-0.2, -0.15) is 0 Å². The number of carboxylic acids is 4. The minimum Gasteiger partial charge on any atom is -0.480 e. The maximum atomic E-state index is 11.7. The lowest BCUT2D eigenvalue weighted by Crippen LogP contribution is -2.43. The lowest BCUT2D eigenvalue weighted by atomic mass is 10.1. The number of nitrogens with zero attached hydrogens (tertiary/aromatic N) is 4. The second-order valence-electron chi connectivity index (χ2n) is 8.65. The molecule has 0 spiro atoms. The van der Waals surface area contributed by atoms with Gasteiger partial charge in [0.05, 0.1) is 35.8 Å². The third-order valence-electron chi connectivity index (χ3n) is 5.77. The van der Waals surface area contributed by atoms with Gasteiger partial charge in [-0.3, -0.25) is 29.0 Å². The zero-order valence-corrected chi connectivity index (χ0v) is 20.0. The molecule has 2 rings (SSSR count). The molecule has 1 aliphatic rings. The maximum absolute atomic E-state index is 11.7. The lowest BCUT2D eigenvalue weighted by Gasteiger charge is -2.34. The summed E-state index contributed by atoms with van der Waals surface area (Å²) >= 11 is 0. The number of hydrogen-bond acceptors (Lipinski definition) is 10. The average molecular weight is 511 g/mol. The number of hydrogen-bond donors (Lipinski definition) is 6. The highest BCUT2D eigenvalue weighted by Gasteiger charge is 2.23. The van der Waals surface area contributed by atoms with Crippen molar-refractivity contribution in [2.24, 2.45) is 0 Å². The van der Waals surface area contributed by atoms with Crippen molar-refractivity contribution in [2.75, 3.05) is 86.7 Å². The van der Waals surface area contributed by atoms with Crippen molar-refractivity contribution in [3.8, 4) is 0 Å². The maximum Gasteiger partial charge on any atom is 0.323 e. The molecule has 1 heterocycles. The SMILES string of the molecule is Nc1cc2c(cc1N)N(CC(=O)O)CCCN(CC(=O)O)CCN(CC(=O)O)CCCN2CC(=O)O. The van der Waals surface area contributed by atoms with Gasteiger partial charge in [0, 0.05) is 39.3 Å². The third-order valence-corrected chi connectivity index (χ3v) is 5.77. The highest BCUT2D eigenvalue weighted by Crippen LogP contribution is 2.36. The van der Waals surface area contributed by atoms with Crippen LogP contribution in [0.3, 0.4) is 0 Å². The van der Waals surface area contributed by atoms with Crippen LogP contribution in [0.15, 0.2) is 12.1 Å². The van der Waals surface area contributed by atoms with Crippen molar-refractivity contribution in [3.05, 3.63) is 12.1 Å². The Balaban J connectivity index is 2.50. The predicted molar refractivity (Wildman–Crippen MR) is 132 cm³/mol. The fraction of sp³-hybridized carbons (Fsp3) is 0.545. The van der Waals surface area contributed by atoms with Gasteiger partial charge in [0.2, 0.25) is 0 Å². The van der Waals surface area contributed by atoms with Crippen molar-refractivity contribution in [1.82, 2.24) is 9.80 Å². The first-order valence-corrected chi connectivity index (χ1v) is 11.5. The van der Waals surface area contributed by atoms with Gasteiger partial charge in [-0.25, -0.2) is 0 Å². The molecule has 14 heteroatoms. The van der Waals surface area contributed by atoms with E-state index in [0.717, 1.165) is 0 Å². The molecule has 0 aliphatic carbocycles. The van der Waals surface area contributed by atoms with Gasteiger partial charge in [-0.05, 0) is 25.0 Å². The molecule has 14 nitrogen and oxygen atoms in total. The lowest BCUT2D eigenvalue weighted by molar-refractivity contribution is -0.140. The number of rotatable bonds is 8. The largest absolute Gasteiger partial charge is 0.480 e. The van der Waals surface area contributed by atoms with Gasteiger partial charge in [0.25, 0.3) is 0 Å². The van der Waals surface area contributed by atoms with Crippen molar-refractivity contribution in [1.29, 1.82) is 0 Å². The predicted octanol–water partition coefficient (Wildman–Crippen LogP) is -0.800. The minimum absolute atomic E-state index is 0.209. The van der Waals surface area contributed by atoms with Gasteiger partial charge < -0.3 is 41.7 Å². The van der Waals surface area contributed by atoms with Gasteiger partial charge >= 0.3 is 23.9 Å². The van der Waals surface area contributed by atoms with Gasteiger partial charge in [-0.1, -0.05) is 0 Å². The van der Waals surface area contributed by atoms with Crippen LogP contribution < -0.4 is 21.3 Å². The monoisotopic (exact) mass is 510 g/mol. The summed E-state index contributed by atoms with van der Waals surface area (Å²) in [5.41, 5.74) is 13.2. The van der Waals surface area contributed by atoms with E-state index >= 15 is 0 Å². The molecule has 0 bridgehead atoms. The van der Waals surface area contributed by atoms with Crippen LogP contribution in [0.4, 0.5) is 22.7 Å². The molecular weight excluding hydrogens is 476 g/mol. The quantitative estimate of drug-likeness (QED) is 0.236. The van der Waals surface area contributed by atoms with E-state index in [1.165, 1.54) is 12.1 Å². The normalized spacial score (nSPS) is 16.7. The molecule has 0 atom stereocenters. The number of aliphatic carboxylic acids is 4. The first kappa shape index (κ1) is 28.5. The van der Waals surface area contributed by atoms with Crippen LogP contribution in [-0.4, -0.2) is 120 Å². The molecule has 1 aromatic carbocycles. The Morgan fingerprint density at radius 1 is 0.583 bits per heavy atom. The summed E-state index contributed by atoms with van der Waals surface area (Å²) < 4.78 is 0. The Bertz CT molecular complexity index is 884. The number of fused-ring (bicyclic) bond motifs is 1. The summed E-state index contributed by atoms with van der Waals surface area (Å²) in [6, 6.07) is 3.03. The second-order valence-corrected chi connectivity index (χ2v) is 8.65. The fourth-order valence-electron chi connectivity index (χ4n) is 4.19. The molecule has 8 N–H and O–H groups in total. The molecule has 0 aromatic heterocycles. The standard InChI is InChI=1S/C22H34N6O8/c23-15-9-17-18(10-16(15)24)28(14-22(35)36)6-2-4-26(12-20(31)32)8-7-25(11-19(29)30)3-1-5-27(17)13-21(33)34/h9-10H,1-8,11-14,23-24H2,(H,29,30)(H,31,32)(H,33,34)(H,35,36). The molecule has 0 radical (unpaired) electrons. The Labute approximate surface area is 208 Å². The Morgan fingerprint density at radius 3 is 1.22 bits per heavy atom. The molecule has 0 saturated carbocycles. The van der Waals surface area contributed by atoms with E-state index in [-0.39, 0.29) is 50.6 Å². The van der Waals surface area contributed by atoms with Crippen LogP contribution >= 0.6 is 0 Å². The molecule has 1 aromatic rings. The van der Waals surface area contributed by atoms with Crippen LogP contribution in [0.1, 0.15) is 12.8 Å². The van der Waals surface area contributed by atoms with E-state index in [1.54, 1.807) is 19.6 Å². The Kier molecular flexibility index (Phi) is 10.5. The number of nitrogens with two attached hydrogens (primary N) is 2. The van der Waals surface area contributed by atoms with E-state index in [9.17, 15) is 39.6 Å². The molecule has 0 saturated heterocycles. The van der Waals surface area contributed by atoms with E-state index in [1.807, 2.05) is 0 Å².